The Labute approximate surface area is 41.0 Å². The Bertz CT molecular complexity index is 38.5. The zero-order valence-corrected chi connectivity index (χ0v) is 4.30. The van der Waals surface area contributed by atoms with E-state index in [-0.39, 0.29) is 0 Å². The molecule has 0 amide bonds. The molecule has 1 atom stereocenters. The molecule has 0 aromatic rings. The normalized spacial score (nSPS) is 20.0. The minimum Gasteiger partial charge on any atom is -0.247 e. The van der Waals surface area contributed by atoms with E-state index in [2.05, 4.69) is 12.6 Å². The van der Waals surface area contributed by atoms with E-state index in [1.54, 1.807) is 0 Å². The molecule has 0 nitrogen and oxygen atoms in total. The smallest absolute Gasteiger partial charge is 0.178 e. The van der Waals surface area contributed by atoms with Crippen LogP contribution in [0.1, 0.15) is 6.92 Å². The van der Waals surface area contributed by atoms with E-state index in [9.17, 15) is 8.78 Å². The molecule has 0 radical (unpaired) electrons. The molecule has 0 unspecified atom stereocenters. The summed E-state index contributed by atoms with van der Waals surface area (Å²) < 4.78 is 22.7. The molecular weight excluding hydrogens is 106 g/mol. The largest absolute Gasteiger partial charge is 0.247 e. The van der Waals surface area contributed by atoms with Crippen molar-refractivity contribution < 1.29 is 8.78 Å². The van der Waals surface area contributed by atoms with Gasteiger partial charge in [-0.1, -0.05) is 0 Å². The van der Waals surface area contributed by atoms with Gasteiger partial charge in [0, 0.05) is 0 Å². The summed E-state index contributed by atoms with van der Waals surface area (Å²) in [5.41, 5.74) is 0. The fourth-order valence-electron chi connectivity index (χ4n) is 0. The monoisotopic (exact) mass is 112 g/mol. The van der Waals surface area contributed by atoms with E-state index in [4.69, 9.17) is 0 Å². The summed E-state index contributed by atoms with van der Waals surface area (Å²) in [5, 5.41) is -1.93. The standard InChI is InChI=1S/C3H6F2S/c1-3(5,6)2-4/h6H,2H2,1H3/t3-/m0/s1. The first-order valence-corrected chi connectivity index (χ1v) is 1.98. The van der Waals surface area contributed by atoms with E-state index in [1.807, 2.05) is 0 Å². The van der Waals surface area contributed by atoms with Crippen LogP contribution in [0.25, 0.3) is 0 Å². The molecular formula is C3H6F2S. The summed E-state index contributed by atoms with van der Waals surface area (Å²) in [6, 6.07) is 0. The summed E-state index contributed by atoms with van der Waals surface area (Å²) in [6.07, 6.45) is 0. The molecule has 0 bridgehead atoms. The maximum atomic E-state index is 11.6. The molecule has 0 aromatic heterocycles. The average Bonchev–Trinajstić information content (AvgIpc) is 1.35. The number of alkyl halides is 2. The van der Waals surface area contributed by atoms with Crippen LogP contribution in [0.2, 0.25) is 0 Å². The first kappa shape index (κ1) is 6.21. The molecule has 0 aliphatic heterocycles. The third-order valence-corrected chi connectivity index (χ3v) is 0.363. The Hall–Kier alpha value is 0.210. The Morgan fingerprint density at radius 2 is 2.00 bits per heavy atom. The van der Waals surface area contributed by atoms with Gasteiger partial charge in [0.2, 0.25) is 0 Å². The molecule has 0 heterocycles. The van der Waals surface area contributed by atoms with Crippen molar-refractivity contribution in [2.24, 2.45) is 0 Å². The summed E-state index contributed by atoms with van der Waals surface area (Å²) in [4.78, 5) is 0. The highest BCUT2D eigenvalue weighted by atomic mass is 32.1. The molecule has 6 heavy (non-hydrogen) atoms. The zero-order valence-electron chi connectivity index (χ0n) is 3.41. The highest BCUT2D eigenvalue weighted by Crippen LogP contribution is 2.13. The molecule has 0 aromatic carbocycles. The molecule has 0 rings (SSSR count). The Morgan fingerprint density at radius 3 is 2.00 bits per heavy atom. The average molecular weight is 112 g/mol. The third-order valence-electron chi connectivity index (χ3n) is 0.244. The van der Waals surface area contributed by atoms with Gasteiger partial charge in [-0.2, -0.15) is 0 Å². The zero-order chi connectivity index (χ0) is 5.21. The maximum Gasteiger partial charge on any atom is 0.178 e. The molecule has 0 N–H and O–H groups in total. The van der Waals surface area contributed by atoms with Gasteiger partial charge in [0.25, 0.3) is 0 Å². The van der Waals surface area contributed by atoms with Crippen LogP contribution in [0, 0.1) is 0 Å². The van der Waals surface area contributed by atoms with Gasteiger partial charge in [0.15, 0.2) is 5.00 Å². The predicted octanol–water partition coefficient (Wildman–Crippen LogP) is 1.57. The molecule has 0 aliphatic carbocycles. The maximum absolute atomic E-state index is 11.6. The Morgan fingerprint density at radius 1 is 1.83 bits per heavy atom. The number of thiol groups is 1. The minimum absolute atomic E-state index is 1.03. The quantitative estimate of drug-likeness (QED) is 0.489. The highest BCUT2D eigenvalue weighted by Gasteiger charge is 2.14. The van der Waals surface area contributed by atoms with Gasteiger partial charge in [0.05, 0.1) is 0 Å². The van der Waals surface area contributed by atoms with E-state index in [1.165, 1.54) is 0 Å². The summed E-state index contributed by atoms with van der Waals surface area (Å²) in [5.74, 6) is 0. The van der Waals surface area contributed by atoms with Crippen molar-refractivity contribution >= 4 is 12.6 Å². The molecule has 0 spiro atoms. The highest BCUT2D eigenvalue weighted by molar-refractivity contribution is 7.81. The van der Waals surface area contributed by atoms with Crippen molar-refractivity contribution in [2.75, 3.05) is 6.67 Å². The van der Waals surface area contributed by atoms with Gasteiger partial charge < -0.3 is 0 Å². The molecule has 38 valence electrons. The van der Waals surface area contributed by atoms with Gasteiger partial charge in [-0.05, 0) is 6.92 Å². The molecule has 0 saturated carbocycles. The lowest BCUT2D eigenvalue weighted by atomic mass is 10.5. The second kappa shape index (κ2) is 1.78. The van der Waals surface area contributed by atoms with Crippen LogP contribution >= 0.6 is 12.6 Å². The number of halogens is 2. The topological polar surface area (TPSA) is 0 Å². The fourth-order valence-corrected chi connectivity index (χ4v) is 0. The second-order valence-electron chi connectivity index (χ2n) is 1.28. The van der Waals surface area contributed by atoms with Gasteiger partial charge >= 0.3 is 0 Å². The van der Waals surface area contributed by atoms with Crippen LogP contribution in [0.3, 0.4) is 0 Å². The van der Waals surface area contributed by atoms with E-state index in [0.29, 0.717) is 0 Å². The second-order valence-corrected chi connectivity index (χ2v) is 2.21. The van der Waals surface area contributed by atoms with E-state index in [0.717, 1.165) is 6.92 Å². The van der Waals surface area contributed by atoms with Gasteiger partial charge in [-0.15, -0.1) is 12.6 Å². The Balaban J connectivity index is 3.17. The van der Waals surface area contributed by atoms with Crippen molar-refractivity contribution in [2.45, 2.75) is 11.9 Å². The van der Waals surface area contributed by atoms with Crippen LogP contribution in [-0.2, 0) is 0 Å². The summed E-state index contributed by atoms with van der Waals surface area (Å²) >= 11 is 3.21. The van der Waals surface area contributed by atoms with Crippen LogP contribution in [0.4, 0.5) is 8.78 Å². The lowest BCUT2D eigenvalue weighted by Crippen LogP contribution is -2.09. The van der Waals surface area contributed by atoms with E-state index >= 15 is 0 Å². The Kier molecular flexibility index (Phi) is 1.84. The van der Waals surface area contributed by atoms with Crippen molar-refractivity contribution in [1.29, 1.82) is 0 Å². The number of rotatable bonds is 1. The van der Waals surface area contributed by atoms with Crippen LogP contribution in [-0.4, -0.2) is 11.7 Å². The molecule has 0 fully saturated rings. The fraction of sp³-hybridized carbons (Fsp3) is 1.00. The lowest BCUT2D eigenvalue weighted by Gasteiger charge is -2.03. The van der Waals surface area contributed by atoms with E-state index < -0.39 is 11.7 Å². The first-order valence-electron chi connectivity index (χ1n) is 1.53. The molecule has 0 saturated heterocycles. The SMILES string of the molecule is C[C@](F)(S)CF. The van der Waals surface area contributed by atoms with Gasteiger partial charge in [-0.3, -0.25) is 0 Å². The number of hydrogen-bond donors (Lipinski definition) is 1. The lowest BCUT2D eigenvalue weighted by molar-refractivity contribution is 0.248. The summed E-state index contributed by atoms with van der Waals surface area (Å²) in [6.45, 7) is 0.0340. The third kappa shape index (κ3) is 4.21. The minimum atomic E-state index is -1.93. The van der Waals surface area contributed by atoms with Gasteiger partial charge in [-0.25, -0.2) is 8.78 Å². The summed E-state index contributed by atoms with van der Waals surface area (Å²) in [7, 11) is 0. The van der Waals surface area contributed by atoms with Crippen LogP contribution in [0.15, 0.2) is 0 Å². The van der Waals surface area contributed by atoms with Crippen molar-refractivity contribution in [3.63, 3.8) is 0 Å². The first-order chi connectivity index (χ1) is 2.56. The van der Waals surface area contributed by atoms with Gasteiger partial charge in [0.1, 0.15) is 6.67 Å². The number of hydrogen-bond acceptors (Lipinski definition) is 1. The van der Waals surface area contributed by atoms with Crippen molar-refractivity contribution in [1.82, 2.24) is 0 Å². The van der Waals surface area contributed by atoms with Crippen molar-refractivity contribution in [3.8, 4) is 0 Å². The molecule has 0 aliphatic rings. The van der Waals surface area contributed by atoms with Crippen LogP contribution in [0.5, 0.6) is 0 Å². The van der Waals surface area contributed by atoms with Crippen LogP contribution < -0.4 is 0 Å². The van der Waals surface area contributed by atoms with Crippen molar-refractivity contribution in [3.05, 3.63) is 0 Å². The molecule has 3 heteroatoms. The predicted molar refractivity (Wildman–Crippen MR) is 24.5 cm³/mol.